The molecule has 1 N–H and O–H groups in total. The zero-order chi connectivity index (χ0) is 8.27. The Morgan fingerprint density at radius 3 is 2.64 bits per heavy atom. The monoisotopic (exact) mass is 147 g/mol. The Bertz CT molecular complexity index is 264. The summed E-state index contributed by atoms with van der Waals surface area (Å²) in [6.45, 7) is 7.78. The maximum absolute atomic E-state index is 3.61. The molecule has 0 aliphatic rings. The van der Waals surface area contributed by atoms with Crippen molar-refractivity contribution in [1.82, 2.24) is 0 Å². The number of hydrogen-bond acceptors (Lipinski definition) is 1. The highest BCUT2D eigenvalue weighted by Crippen LogP contribution is 2.15. The minimum Gasteiger partial charge on any atom is -0.362 e. The van der Waals surface area contributed by atoms with Crippen LogP contribution in [0.25, 0.3) is 0 Å². The molecular formula is C10H13N. The average molecular weight is 147 g/mol. The standard InChI is InChI=1S/C10H13N/c1-4-11-10-6-5-8(2)7-9(10)3/h4-7,11H,1H2,2-3H3. The van der Waals surface area contributed by atoms with Crippen LogP contribution >= 0.6 is 0 Å². The fraction of sp³-hybridized carbons (Fsp3) is 0.200. The molecule has 0 heterocycles. The molecule has 1 heteroatoms. The fourth-order valence-corrected chi connectivity index (χ4v) is 1.09. The first-order valence-corrected chi connectivity index (χ1v) is 3.68. The Morgan fingerprint density at radius 2 is 2.09 bits per heavy atom. The molecule has 0 aliphatic heterocycles. The number of rotatable bonds is 2. The van der Waals surface area contributed by atoms with Crippen LogP contribution in [-0.4, -0.2) is 0 Å². The highest BCUT2D eigenvalue weighted by atomic mass is 14.8. The molecule has 11 heavy (non-hydrogen) atoms. The first kappa shape index (κ1) is 7.86. The second-order valence-corrected chi connectivity index (χ2v) is 2.67. The summed E-state index contributed by atoms with van der Waals surface area (Å²) in [6, 6.07) is 6.29. The molecule has 0 saturated carbocycles. The number of aryl methyl sites for hydroxylation is 2. The predicted octanol–water partition coefficient (Wildman–Crippen LogP) is 2.86. The second-order valence-electron chi connectivity index (χ2n) is 2.67. The lowest BCUT2D eigenvalue weighted by atomic mass is 10.1. The first-order chi connectivity index (χ1) is 5.24. The number of hydrogen-bond donors (Lipinski definition) is 1. The Morgan fingerprint density at radius 1 is 1.36 bits per heavy atom. The number of benzene rings is 1. The van der Waals surface area contributed by atoms with Gasteiger partial charge in [-0.15, -0.1) is 0 Å². The van der Waals surface area contributed by atoms with Crippen molar-refractivity contribution in [1.29, 1.82) is 0 Å². The molecular weight excluding hydrogens is 134 g/mol. The molecule has 1 rings (SSSR count). The smallest absolute Gasteiger partial charge is 0.0409 e. The summed E-state index contributed by atoms with van der Waals surface area (Å²) in [5, 5.41) is 3.07. The molecule has 0 aliphatic carbocycles. The molecule has 0 spiro atoms. The summed E-state index contributed by atoms with van der Waals surface area (Å²) in [5.74, 6) is 0. The van der Waals surface area contributed by atoms with Gasteiger partial charge in [0.05, 0.1) is 0 Å². The summed E-state index contributed by atoms with van der Waals surface area (Å²) >= 11 is 0. The molecule has 0 bridgehead atoms. The second kappa shape index (κ2) is 3.24. The lowest BCUT2D eigenvalue weighted by Gasteiger charge is -2.04. The van der Waals surface area contributed by atoms with Gasteiger partial charge in [-0.1, -0.05) is 24.3 Å². The minimum absolute atomic E-state index is 1.13. The Hall–Kier alpha value is -1.24. The van der Waals surface area contributed by atoms with Crippen LogP contribution in [0.4, 0.5) is 5.69 Å². The van der Waals surface area contributed by atoms with Crippen LogP contribution in [-0.2, 0) is 0 Å². The molecule has 0 atom stereocenters. The Kier molecular flexibility index (Phi) is 2.32. The topological polar surface area (TPSA) is 12.0 Å². The van der Waals surface area contributed by atoms with Crippen molar-refractivity contribution in [3.8, 4) is 0 Å². The zero-order valence-corrected chi connectivity index (χ0v) is 7.02. The first-order valence-electron chi connectivity index (χ1n) is 3.68. The van der Waals surface area contributed by atoms with Crippen molar-refractivity contribution in [2.75, 3.05) is 5.32 Å². The lowest BCUT2D eigenvalue weighted by molar-refractivity contribution is 1.37. The van der Waals surface area contributed by atoms with Crippen LogP contribution in [0.3, 0.4) is 0 Å². The van der Waals surface area contributed by atoms with E-state index in [1.165, 1.54) is 11.1 Å². The van der Waals surface area contributed by atoms with Gasteiger partial charge in [0.2, 0.25) is 0 Å². The van der Waals surface area contributed by atoms with E-state index in [2.05, 4.69) is 43.9 Å². The highest BCUT2D eigenvalue weighted by Gasteiger charge is 1.93. The van der Waals surface area contributed by atoms with Gasteiger partial charge in [0.25, 0.3) is 0 Å². The molecule has 0 saturated heterocycles. The van der Waals surface area contributed by atoms with Gasteiger partial charge in [0.15, 0.2) is 0 Å². The summed E-state index contributed by atoms with van der Waals surface area (Å²) in [4.78, 5) is 0. The minimum atomic E-state index is 1.13. The van der Waals surface area contributed by atoms with Gasteiger partial charge in [-0.05, 0) is 31.7 Å². The van der Waals surface area contributed by atoms with Crippen molar-refractivity contribution in [2.45, 2.75) is 13.8 Å². The molecule has 1 nitrogen and oxygen atoms in total. The van der Waals surface area contributed by atoms with Gasteiger partial charge in [0, 0.05) is 5.69 Å². The quantitative estimate of drug-likeness (QED) is 0.678. The normalized spacial score (nSPS) is 9.27. The van der Waals surface area contributed by atoms with E-state index in [1.54, 1.807) is 6.20 Å². The van der Waals surface area contributed by atoms with Crippen LogP contribution < -0.4 is 5.32 Å². The molecule has 0 amide bonds. The highest BCUT2D eigenvalue weighted by molar-refractivity contribution is 5.53. The molecule has 0 aromatic heterocycles. The third-order valence-corrected chi connectivity index (χ3v) is 1.64. The Balaban J connectivity index is 2.98. The van der Waals surface area contributed by atoms with Gasteiger partial charge >= 0.3 is 0 Å². The lowest BCUT2D eigenvalue weighted by Crippen LogP contribution is -1.89. The number of anilines is 1. The summed E-state index contributed by atoms with van der Waals surface area (Å²) in [6.07, 6.45) is 1.69. The van der Waals surface area contributed by atoms with E-state index in [4.69, 9.17) is 0 Å². The van der Waals surface area contributed by atoms with E-state index in [0.717, 1.165) is 5.69 Å². The van der Waals surface area contributed by atoms with E-state index >= 15 is 0 Å². The summed E-state index contributed by atoms with van der Waals surface area (Å²) < 4.78 is 0. The maximum Gasteiger partial charge on any atom is 0.0409 e. The van der Waals surface area contributed by atoms with Crippen molar-refractivity contribution >= 4 is 5.69 Å². The molecule has 1 aromatic rings. The molecule has 58 valence electrons. The van der Waals surface area contributed by atoms with Crippen LogP contribution in [0, 0.1) is 13.8 Å². The molecule has 0 fully saturated rings. The van der Waals surface area contributed by atoms with Crippen LogP contribution in [0.5, 0.6) is 0 Å². The van der Waals surface area contributed by atoms with Gasteiger partial charge in [-0.2, -0.15) is 0 Å². The van der Waals surface area contributed by atoms with E-state index in [1.807, 2.05) is 0 Å². The van der Waals surface area contributed by atoms with E-state index in [-0.39, 0.29) is 0 Å². The largest absolute Gasteiger partial charge is 0.362 e. The average Bonchev–Trinajstić information content (AvgIpc) is 1.95. The van der Waals surface area contributed by atoms with Gasteiger partial charge in [0.1, 0.15) is 0 Å². The van der Waals surface area contributed by atoms with Crippen molar-refractivity contribution in [3.05, 3.63) is 42.1 Å². The molecule has 0 radical (unpaired) electrons. The van der Waals surface area contributed by atoms with Crippen molar-refractivity contribution in [2.24, 2.45) is 0 Å². The van der Waals surface area contributed by atoms with E-state index < -0.39 is 0 Å². The molecule has 0 unspecified atom stereocenters. The van der Waals surface area contributed by atoms with E-state index in [0.29, 0.717) is 0 Å². The fourth-order valence-electron chi connectivity index (χ4n) is 1.09. The van der Waals surface area contributed by atoms with Crippen LogP contribution in [0.1, 0.15) is 11.1 Å². The number of nitrogens with one attached hydrogen (secondary N) is 1. The van der Waals surface area contributed by atoms with Gasteiger partial charge < -0.3 is 5.32 Å². The summed E-state index contributed by atoms with van der Waals surface area (Å²) in [7, 11) is 0. The maximum atomic E-state index is 3.61. The van der Waals surface area contributed by atoms with Crippen molar-refractivity contribution < 1.29 is 0 Å². The SMILES string of the molecule is C=CNc1ccc(C)cc1C. The summed E-state index contributed by atoms with van der Waals surface area (Å²) in [5.41, 5.74) is 3.67. The zero-order valence-electron chi connectivity index (χ0n) is 7.02. The Labute approximate surface area is 67.8 Å². The molecule has 1 aromatic carbocycles. The third-order valence-electron chi connectivity index (χ3n) is 1.64. The predicted molar refractivity (Wildman–Crippen MR) is 49.7 cm³/mol. The van der Waals surface area contributed by atoms with Gasteiger partial charge in [-0.3, -0.25) is 0 Å². The van der Waals surface area contributed by atoms with Crippen LogP contribution in [0.15, 0.2) is 31.0 Å². The third kappa shape index (κ3) is 1.84. The van der Waals surface area contributed by atoms with Crippen LogP contribution in [0.2, 0.25) is 0 Å². The van der Waals surface area contributed by atoms with E-state index in [9.17, 15) is 0 Å². The van der Waals surface area contributed by atoms with Gasteiger partial charge in [-0.25, -0.2) is 0 Å². The van der Waals surface area contributed by atoms with Crippen molar-refractivity contribution in [3.63, 3.8) is 0 Å².